The number of carbonyl (C=O) groups excluding carboxylic acids is 3. The highest BCUT2D eigenvalue weighted by molar-refractivity contribution is 6.12. The van der Waals surface area contributed by atoms with Gasteiger partial charge in [-0.15, -0.1) is 0 Å². The van der Waals surface area contributed by atoms with Crippen LogP contribution in [0.2, 0.25) is 0 Å². The van der Waals surface area contributed by atoms with E-state index in [4.69, 9.17) is 14.2 Å². The molecule has 1 aliphatic rings. The van der Waals surface area contributed by atoms with Crippen LogP contribution in [0.25, 0.3) is 6.08 Å². The molecule has 0 bridgehead atoms. The molecule has 0 radical (unpaired) electrons. The molecule has 9 nitrogen and oxygen atoms in total. The quantitative estimate of drug-likeness (QED) is 0.176. The molecule has 224 valence electrons. The minimum absolute atomic E-state index is 0.0173. The van der Waals surface area contributed by atoms with E-state index in [2.05, 4.69) is 9.89 Å². The first-order valence-electron chi connectivity index (χ1n) is 13.9. The van der Waals surface area contributed by atoms with Gasteiger partial charge in [-0.25, -0.2) is 9.59 Å². The Bertz CT molecular complexity index is 1620. The topological polar surface area (TPSA) is 97.7 Å². The molecule has 0 spiro atoms. The first kappa shape index (κ1) is 31.2. The smallest absolute Gasteiger partial charge is 0.340 e. The first-order valence-corrected chi connectivity index (χ1v) is 13.9. The van der Waals surface area contributed by atoms with E-state index >= 15 is 0 Å². The van der Waals surface area contributed by atoms with Crippen LogP contribution in [0.15, 0.2) is 120 Å². The summed E-state index contributed by atoms with van der Waals surface area (Å²) in [6.45, 7) is 2.06. The number of benzene rings is 4. The molecule has 1 heterocycles. The Labute approximate surface area is 256 Å². The summed E-state index contributed by atoms with van der Waals surface area (Å²) in [5, 5.41) is 0. The number of rotatable bonds is 7. The van der Waals surface area contributed by atoms with Crippen LogP contribution in [-0.2, 0) is 19.0 Å². The lowest BCUT2D eigenvalue weighted by molar-refractivity contribution is -0.122. The maximum absolute atomic E-state index is 13.1. The Balaban J connectivity index is 0.000000657. The van der Waals surface area contributed by atoms with Gasteiger partial charge >= 0.3 is 18.0 Å². The Morgan fingerprint density at radius 1 is 0.818 bits per heavy atom. The second kappa shape index (κ2) is 15.0. The number of hydrogen-bond acceptors (Lipinski definition) is 8. The van der Waals surface area contributed by atoms with Crippen molar-refractivity contribution in [3.8, 4) is 0 Å². The number of aliphatic imine (C=N–C) groups is 1. The Kier molecular flexibility index (Phi) is 10.6. The third-order valence-corrected chi connectivity index (χ3v) is 6.63. The molecule has 0 N–H and O–H groups in total. The lowest BCUT2D eigenvalue weighted by Gasteiger charge is -2.19. The summed E-state index contributed by atoms with van der Waals surface area (Å²) in [6, 6.07) is 33.9. The van der Waals surface area contributed by atoms with Gasteiger partial charge in [-0.05, 0) is 61.0 Å². The molecule has 44 heavy (non-hydrogen) atoms. The number of amidine groups is 1. The fraction of sp³-hybridized carbons (Fsp3) is 0.143. The lowest BCUT2D eigenvalue weighted by Crippen LogP contribution is -2.29. The standard InChI is InChI=1S/C29H27N3O6.C6H6/c1-5-32-26(33)25(17-19-11-14-22(15-12-19)31(2)21-9-7-6-8-10-21)38-29(32)30-24-18-20(27(34)36-3)13-16-23(24)28(35)37-4;1-2-4-6-5-3-1/h6-18H,5H2,1-4H3;1-6H/b25-17+,30-29?;. The Morgan fingerprint density at radius 3 is 1.95 bits per heavy atom. The number of esters is 2. The van der Waals surface area contributed by atoms with E-state index in [0.29, 0.717) is 0 Å². The van der Waals surface area contributed by atoms with Crippen LogP contribution in [0.1, 0.15) is 33.2 Å². The van der Waals surface area contributed by atoms with E-state index in [0.717, 1.165) is 16.9 Å². The highest BCUT2D eigenvalue weighted by Crippen LogP contribution is 2.28. The zero-order chi connectivity index (χ0) is 31.5. The SMILES string of the molecule is CCN1C(=O)/C(=C\c2ccc(N(C)c3ccccc3)cc2)OC1=Nc1cc(C(=O)OC)ccc1C(=O)OC.c1ccccc1. The van der Waals surface area contributed by atoms with Crippen molar-refractivity contribution in [2.75, 3.05) is 32.7 Å². The van der Waals surface area contributed by atoms with Gasteiger partial charge in [-0.1, -0.05) is 66.7 Å². The summed E-state index contributed by atoms with van der Waals surface area (Å²) in [5.74, 6) is -1.54. The summed E-state index contributed by atoms with van der Waals surface area (Å²) in [4.78, 5) is 45.2. The molecule has 4 aromatic carbocycles. The molecule has 4 aromatic rings. The second-order valence-corrected chi connectivity index (χ2v) is 9.41. The second-order valence-electron chi connectivity index (χ2n) is 9.41. The van der Waals surface area contributed by atoms with Gasteiger partial charge in [0.2, 0.25) is 0 Å². The van der Waals surface area contributed by atoms with Gasteiger partial charge in [-0.2, -0.15) is 4.99 Å². The molecule has 1 fully saturated rings. The Hall–Kier alpha value is -5.70. The molecule has 0 atom stereocenters. The molecule has 1 saturated heterocycles. The van der Waals surface area contributed by atoms with E-state index in [1.165, 1.54) is 37.3 Å². The number of nitrogens with zero attached hydrogens (tertiary/aromatic N) is 3. The highest BCUT2D eigenvalue weighted by Gasteiger charge is 2.34. The van der Waals surface area contributed by atoms with Crippen molar-refractivity contribution >= 4 is 47.0 Å². The summed E-state index contributed by atoms with van der Waals surface area (Å²) >= 11 is 0. The van der Waals surface area contributed by atoms with Crippen LogP contribution < -0.4 is 4.90 Å². The molecular formula is C35H33N3O6. The van der Waals surface area contributed by atoms with E-state index in [1.807, 2.05) is 98.0 Å². The van der Waals surface area contributed by atoms with Gasteiger partial charge in [0.15, 0.2) is 5.76 Å². The summed E-state index contributed by atoms with van der Waals surface area (Å²) in [7, 11) is 4.47. The zero-order valence-electron chi connectivity index (χ0n) is 25.0. The van der Waals surface area contributed by atoms with Crippen molar-refractivity contribution in [1.29, 1.82) is 0 Å². The first-order chi connectivity index (χ1) is 21.4. The van der Waals surface area contributed by atoms with E-state index in [9.17, 15) is 14.4 Å². The van der Waals surface area contributed by atoms with Gasteiger partial charge in [0.05, 0.1) is 31.0 Å². The van der Waals surface area contributed by atoms with Gasteiger partial charge in [0.25, 0.3) is 5.91 Å². The van der Waals surface area contributed by atoms with E-state index in [-0.39, 0.29) is 41.0 Å². The highest BCUT2D eigenvalue weighted by atomic mass is 16.5. The largest absolute Gasteiger partial charge is 0.465 e. The third kappa shape index (κ3) is 7.57. The van der Waals surface area contributed by atoms with Crippen molar-refractivity contribution in [3.05, 3.63) is 132 Å². The molecule has 9 heteroatoms. The van der Waals surface area contributed by atoms with Crippen LogP contribution in [0.3, 0.4) is 0 Å². The van der Waals surface area contributed by atoms with E-state index in [1.54, 1.807) is 13.0 Å². The number of para-hydroxylation sites is 1. The number of ether oxygens (including phenoxy) is 3. The number of hydrogen-bond donors (Lipinski definition) is 0. The lowest BCUT2D eigenvalue weighted by atomic mass is 10.1. The molecule has 0 aliphatic carbocycles. The fourth-order valence-electron chi connectivity index (χ4n) is 4.26. The third-order valence-electron chi connectivity index (χ3n) is 6.63. The minimum atomic E-state index is -0.649. The van der Waals surface area contributed by atoms with Crippen LogP contribution in [0, 0.1) is 0 Å². The van der Waals surface area contributed by atoms with Crippen molar-refractivity contribution in [2.45, 2.75) is 6.92 Å². The maximum atomic E-state index is 13.1. The van der Waals surface area contributed by atoms with Gasteiger partial charge in [0, 0.05) is 25.0 Å². The van der Waals surface area contributed by atoms with Crippen molar-refractivity contribution < 1.29 is 28.6 Å². The van der Waals surface area contributed by atoms with Crippen molar-refractivity contribution in [1.82, 2.24) is 4.90 Å². The summed E-state index contributed by atoms with van der Waals surface area (Å²) < 4.78 is 15.4. The van der Waals surface area contributed by atoms with Crippen molar-refractivity contribution in [2.24, 2.45) is 4.99 Å². The van der Waals surface area contributed by atoms with Crippen LogP contribution in [0.5, 0.6) is 0 Å². The normalized spacial score (nSPS) is 14.0. The van der Waals surface area contributed by atoms with Crippen LogP contribution in [-0.4, -0.2) is 56.6 Å². The number of likely N-dealkylation sites (N-methyl/N-ethyl adjacent to an activating group) is 1. The Morgan fingerprint density at radius 2 is 1.39 bits per heavy atom. The zero-order valence-corrected chi connectivity index (χ0v) is 25.0. The van der Waals surface area contributed by atoms with E-state index < -0.39 is 11.9 Å². The average Bonchev–Trinajstić information content (AvgIpc) is 3.37. The van der Waals surface area contributed by atoms with Gasteiger partial charge < -0.3 is 19.1 Å². The van der Waals surface area contributed by atoms with Gasteiger partial charge in [-0.3, -0.25) is 9.69 Å². The predicted molar refractivity (Wildman–Crippen MR) is 170 cm³/mol. The minimum Gasteiger partial charge on any atom is -0.465 e. The number of methoxy groups -OCH3 is 2. The summed E-state index contributed by atoms with van der Waals surface area (Å²) in [6.07, 6.45) is 1.63. The molecule has 5 rings (SSSR count). The molecule has 1 aliphatic heterocycles. The number of anilines is 2. The molecule has 1 amide bonds. The predicted octanol–water partition coefficient (Wildman–Crippen LogP) is 6.62. The fourth-order valence-corrected chi connectivity index (χ4v) is 4.26. The maximum Gasteiger partial charge on any atom is 0.340 e. The number of amides is 1. The van der Waals surface area contributed by atoms with Crippen molar-refractivity contribution in [3.63, 3.8) is 0 Å². The van der Waals surface area contributed by atoms with Crippen LogP contribution in [0.4, 0.5) is 17.1 Å². The van der Waals surface area contributed by atoms with Crippen LogP contribution >= 0.6 is 0 Å². The number of carbonyl (C=O) groups is 3. The monoisotopic (exact) mass is 591 g/mol. The average molecular weight is 592 g/mol. The molecule has 0 aromatic heterocycles. The molecule has 0 saturated carbocycles. The molecule has 0 unspecified atom stereocenters. The molecular weight excluding hydrogens is 558 g/mol. The summed E-state index contributed by atoms with van der Waals surface area (Å²) in [5.41, 5.74) is 3.19. The van der Waals surface area contributed by atoms with Gasteiger partial charge in [0.1, 0.15) is 0 Å².